The van der Waals surface area contributed by atoms with E-state index in [1.165, 1.54) is 19.1 Å². The number of rotatable bonds is 2. The molecule has 0 spiro atoms. The van der Waals surface area contributed by atoms with Gasteiger partial charge < -0.3 is 0 Å². The van der Waals surface area contributed by atoms with Crippen molar-refractivity contribution in [1.82, 2.24) is 0 Å². The lowest BCUT2D eigenvalue weighted by Gasteiger charge is -2.27. The highest BCUT2D eigenvalue weighted by atomic mass is 19.3. The Hall–Kier alpha value is -1.39. The Balaban J connectivity index is 2.20. The van der Waals surface area contributed by atoms with Crippen LogP contribution in [0.4, 0.5) is 17.6 Å². The SMILES string of the molecule is Cc1ccc(C(=O)C2CCC(F)(F)CC2)c(F)c1F. The smallest absolute Gasteiger partial charge is 0.248 e. The highest BCUT2D eigenvalue weighted by molar-refractivity contribution is 5.98. The van der Waals surface area contributed by atoms with Crippen molar-refractivity contribution >= 4 is 5.78 Å². The minimum Gasteiger partial charge on any atom is -0.294 e. The molecule has 1 saturated carbocycles. The summed E-state index contributed by atoms with van der Waals surface area (Å²) >= 11 is 0. The van der Waals surface area contributed by atoms with Crippen LogP contribution in [0.2, 0.25) is 0 Å². The number of alkyl halides is 2. The summed E-state index contributed by atoms with van der Waals surface area (Å²) in [5.41, 5.74) is -0.220. The number of ketones is 1. The van der Waals surface area contributed by atoms with Gasteiger partial charge in [0.1, 0.15) is 0 Å². The van der Waals surface area contributed by atoms with Crippen molar-refractivity contribution < 1.29 is 22.4 Å². The van der Waals surface area contributed by atoms with Crippen LogP contribution in [0.1, 0.15) is 41.6 Å². The Bertz CT molecular complexity index is 500. The van der Waals surface area contributed by atoms with Crippen LogP contribution in [0.15, 0.2) is 12.1 Å². The van der Waals surface area contributed by atoms with E-state index in [0.29, 0.717) is 0 Å². The molecule has 0 amide bonds. The highest BCUT2D eigenvalue weighted by Crippen LogP contribution is 2.37. The van der Waals surface area contributed by atoms with Gasteiger partial charge in [0.2, 0.25) is 5.92 Å². The molecule has 0 bridgehead atoms. The van der Waals surface area contributed by atoms with Crippen molar-refractivity contribution in [3.63, 3.8) is 0 Å². The molecule has 0 aromatic heterocycles. The van der Waals surface area contributed by atoms with E-state index in [2.05, 4.69) is 0 Å². The number of hydrogen-bond donors (Lipinski definition) is 0. The average Bonchev–Trinajstić information content (AvgIpc) is 2.35. The molecular formula is C14H14F4O. The standard InChI is InChI=1S/C14H14F4O/c1-8-2-3-10(12(16)11(8)15)13(19)9-4-6-14(17,18)7-5-9/h2-3,9H,4-7H2,1H3. The predicted molar refractivity (Wildman–Crippen MR) is 62.3 cm³/mol. The van der Waals surface area contributed by atoms with Gasteiger partial charge in [-0.25, -0.2) is 17.6 Å². The summed E-state index contributed by atoms with van der Waals surface area (Å²) in [5, 5.41) is 0. The fraction of sp³-hybridized carbons (Fsp3) is 0.500. The van der Waals surface area contributed by atoms with Gasteiger partial charge in [-0.3, -0.25) is 4.79 Å². The lowest BCUT2D eigenvalue weighted by atomic mass is 9.82. The molecule has 19 heavy (non-hydrogen) atoms. The van der Waals surface area contributed by atoms with E-state index >= 15 is 0 Å². The lowest BCUT2D eigenvalue weighted by molar-refractivity contribution is -0.0424. The number of benzene rings is 1. The summed E-state index contributed by atoms with van der Waals surface area (Å²) in [6, 6.07) is 2.55. The van der Waals surface area contributed by atoms with E-state index in [-0.39, 0.29) is 36.8 Å². The summed E-state index contributed by atoms with van der Waals surface area (Å²) in [6.07, 6.45) is -0.722. The zero-order chi connectivity index (χ0) is 14.2. The van der Waals surface area contributed by atoms with Gasteiger partial charge in [0.15, 0.2) is 17.4 Å². The quantitative estimate of drug-likeness (QED) is 0.581. The molecule has 2 rings (SSSR count). The molecule has 0 atom stereocenters. The van der Waals surface area contributed by atoms with Gasteiger partial charge in [-0.1, -0.05) is 6.07 Å². The number of carbonyl (C=O) groups excluding carboxylic acids is 1. The highest BCUT2D eigenvalue weighted by Gasteiger charge is 2.38. The molecule has 1 aliphatic rings. The number of hydrogen-bond acceptors (Lipinski definition) is 1. The van der Waals surface area contributed by atoms with Crippen LogP contribution in [-0.2, 0) is 0 Å². The first-order valence-corrected chi connectivity index (χ1v) is 6.18. The molecule has 0 radical (unpaired) electrons. The van der Waals surface area contributed by atoms with Crippen LogP contribution >= 0.6 is 0 Å². The van der Waals surface area contributed by atoms with Gasteiger partial charge in [-0.05, 0) is 31.4 Å². The fourth-order valence-electron chi connectivity index (χ4n) is 2.36. The first-order valence-electron chi connectivity index (χ1n) is 6.18. The summed E-state index contributed by atoms with van der Waals surface area (Å²) < 4.78 is 53.1. The second kappa shape index (κ2) is 4.94. The van der Waals surface area contributed by atoms with E-state index in [0.717, 1.165) is 0 Å². The van der Waals surface area contributed by atoms with Crippen LogP contribution in [-0.4, -0.2) is 11.7 Å². The monoisotopic (exact) mass is 274 g/mol. The summed E-state index contributed by atoms with van der Waals surface area (Å²) in [7, 11) is 0. The molecule has 0 heterocycles. The molecular weight excluding hydrogens is 260 g/mol. The van der Waals surface area contributed by atoms with Crippen LogP contribution in [0.25, 0.3) is 0 Å². The first kappa shape index (κ1) is 14.0. The Morgan fingerprint density at radius 3 is 2.32 bits per heavy atom. The Morgan fingerprint density at radius 1 is 1.16 bits per heavy atom. The van der Waals surface area contributed by atoms with Crippen molar-refractivity contribution in [2.75, 3.05) is 0 Å². The van der Waals surface area contributed by atoms with E-state index in [1.54, 1.807) is 0 Å². The molecule has 1 aliphatic carbocycles. The van der Waals surface area contributed by atoms with Crippen LogP contribution < -0.4 is 0 Å². The predicted octanol–water partition coefficient (Wildman–Crippen LogP) is 4.28. The Kier molecular flexibility index (Phi) is 3.65. The van der Waals surface area contributed by atoms with E-state index in [1.807, 2.05) is 0 Å². The molecule has 1 nitrogen and oxygen atoms in total. The maximum Gasteiger partial charge on any atom is 0.248 e. The minimum absolute atomic E-state index is 0.0147. The van der Waals surface area contributed by atoms with Gasteiger partial charge in [-0.15, -0.1) is 0 Å². The molecule has 5 heteroatoms. The van der Waals surface area contributed by atoms with E-state index in [4.69, 9.17) is 0 Å². The number of Topliss-reactive ketones (excluding diaryl/α,β-unsaturated/α-hetero) is 1. The number of aryl methyl sites for hydroxylation is 1. The lowest BCUT2D eigenvalue weighted by Crippen LogP contribution is -2.29. The normalized spacial score (nSPS) is 19.4. The molecule has 1 aromatic rings. The minimum atomic E-state index is -2.74. The molecule has 0 aliphatic heterocycles. The van der Waals surface area contributed by atoms with Crippen molar-refractivity contribution in [2.45, 2.75) is 38.5 Å². The number of halogens is 4. The Labute approximate surface area is 108 Å². The fourth-order valence-corrected chi connectivity index (χ4v) is 2.36. The molecule has 1 fully saturated rings. The largest absolute Gasteiger partial charge is 0.294 e. The molecule has 104 valence electrons. The zero-order valence-electron chi connectivity index (χ0n) is 10.5. The summed E-state index contributed by atoms with van der Waals surface area (Å²) in [4.78, 5) is 12.0. The second-order valence-corrected chi connectivity index (χ2v) is 5.05. The molecule has 0 N–H and O–H groups in total. The van der Waals surface area contributed by atoms with E-state index in [9.17, 15) is 22.4 Å². The molecule has 1 aromatic carbocycles. The summed E-state index contributed by atoms with van der Waals surface area (Å²) in [5.74, 6) is -6.19. The van der Waals surface area contributed by atoms with Gasteiger partial charge in [0.05, 0.1) is 5.56 Å². The van der Waals surface area contributed by atoms with Crippen LogP contribution in [0, 0.1) is 24.5 Å². The van der Waals surface area contributed by atoms with Crippen LogP contribution in [0.3, 0.4) is 0 Å². The average molecular weight is 274 g/mol. The maximum atomic E-state index is 13.7. The third kappa shape index (κ3) is 2.80. The Morgan fingerprint density at radius 2 is 1.74 bits per heavy atom. The van der Waals surface area contributed by atoms with Crippen LogP contribution in [0.5, 0.6) is 0 Å². The van der Waals surface area contributed by atoms with Crippen molar-refractivity contribution in [1.29, 1.82) is 0 Å². The van der Waals surface area contributed by atoms with Gasteiger partial charge in [0, 0.05) is 18.8 Å². The third-order valence-corrected chi connectivity index (χ3v) is 3.63. The maximum absolute atomic E-state index is 13.7. The topological polar surface area (TPSA) is 17.1 Å². The number of carbonyl (C=O) groups is 1. The molecule has 0 unspecified atom stereocenters. The van der Waals surface area contributed by atoms with Gasteiger partial charge in [0.25, 0.3) is 0 Å². The third-order valence-electron chi connectivity index (χ3n) is 3.63. The van der Waals surface area contributed by atoms with Gasteiger partial charge in [-0.2, -0.15) is 0 Å². The van der Waals surface area contributed by atoms with Crippen molar-refractivity contribution in [3.05, 3.63) is 34.9 Å². The van der Waals surface area contributed by atoms with E-state index < -0.39 is 29.3 Å². The second-order valence-electron chi connectivity index (χ2n) is 5.05. The summed E-state index contributed by atoms with van der Waals surface area (Å²) in [6.45, 7) is 1.40. The first-order chi connectivity index (χ1) is 8.82. The molecule has 0 saturated heterocycles. The van der Waals surface area contributed by atoms with Crippen molar-refractivity contribution in [2.24, 2.45) is 5.92 Å². The zero-order valence-corrected chi connectivity index (χ0v) is 10.5. The van der Waals surface area contributed by atoms with Crippen molar-refractivity contribution in [3.8, 4) is 0 Å². The van der Waals surface area contributed by atoms with Gasteiger partial charge >= 0.3 is 0 Å².